The van der Waals surface area contributed by atoms with E-state index in [1.807, 2.05) is 30.3 Å². The highest BCUT2D eigenvalue weighted by Crippen LogP contribution is 2.48. The molecule has 1 heterocycles. The van der Waals surface area contributed by atoms with Gasteiger partial charge in [-0.1, -0.05) is 42.5 Å². The summed E-state index contributed by atoms with van der Waals surface area (Å²) in [5.74, 6) is 0.343. The first-order valence-corrected chi connectivity index (χ1v) is 9.86. The molecule has 142 valence electrons. The van der Waals surface area contributed by atoms with E-state index in [0.717, 1.165) is 41.2 Å². The molecule has 0 aromatic heterocycles. The number of rotatable bonds is 3. The molecular formula is C24H22FNO2. The Balaban J connectivity index is 1.40. The van der Waals surface area contributed by atoms with E-state index in [2.05, 4.69) is 17.4 Å². The van der Waals surface area contributed by atoms with Crippen molar-refractivity contribution in [3.63, 3.8) is 0 Å². The number of hydrogen-bond acceptors (Lipinski definition) is 2. The molecule has 1 spiro atoms. The van der Waals surface area contributed by atoms with Crippen LogP contribution in [-0.4, -0.2) is 11.5 Å². The van der Waals surface area contributed by atoms with Gasteiger partial charge in [0.25, 0.3) is 0 Å². The molecule has 1 fully saturated rings. The fourth-order valence-electron chi connectivity index (χ4n) is 4.51. The molecule has 1 N–H and O–H groups in total. The minimum atomic E-state index is -0.305. The van der Waals surface area contributed by atoms with Gasteiger partial charge in [0, 0.05) is 12.0 Å². The summed E-state index contributed by atoms with van der Waals surface area (Å²) in [5, 5.41) is 5.37. The number of carbonyl (C=O) groups is 1. The van der Waals surface area contributed by atoms with Gasteiger partial charge in [0.15, 0.2) is 0 Å². The smallest absolute Gasteiger partial charge is 0.224 e. The van der Waals surface area contributed by atoms with Crippen LogP contribution in [0.3, 0.4) is 0 Å². The Morgan fingerprint density at radius 1 is 1.11 bits per heavy atom. The summed E-state index contributed by atoms with van der Waals surface area (Å²) < 4.78 is 20.0. The van der Waals surface area contributed by atoms with E-state index >= 15 is 0 Å². The van der Waals surface area contributed by atoms with Crippen molar-refractivity contribution in [2.75, 3.05) is 0 Å². The minimum Gasteiger partial charge on any atom is -0.487 e. The molecule has 1 aliphatic heterocycles. The lowest BCUT2D eigenvalue weighted by molar-refractivity contribution is -0.122. The second-order valence-corrected chi connectivity index (χ2v) is 7.96. The van der Waals surface area contributed by atoms with Gasteiger partial charge in [-0.3, -0.25) is 4.79 Å². The van der Waals surface area contributed by atoms with Crippen molar-refractivity contribution < 1.29 is 13.9 Å². The van der Waals surface area contributed by atoms with Gasteiger partial charge in [-0.05, 0) is 53.8 Å². The Morgan fingerprint density at radius 3 is 2.75 bits per heavy atom. The monoisotopic (exact) mass is 375 g/mol. The fourth-order valence-corrected chi connectivity index (χ4v) is 4.51. The highest BCUT2D eigenvalue weighted by molar-refractivity contribution is 5.90. The van der Waals surface area contributed by atoms with E-state index in [1.54, 1.807) is 6.07 Å². The molecule has 0 saturated heterocycles. The minimum absolute atomic E-state index is 0.0482. The van der Waals surface area contributed by atoms with Crippen LogP contribution in [0, 0.1) is 5.82 Å². The SMILES string of the molecule is O=C(Cc1cccc2ccccc12)NC1CC2(CCC2)Oc2ccc(F)cc21. The standard InChI is InChI=1S/C24H22FNO2/c25-18-9-10-22-20(14-18)21(15-24(28-22)11-4-12-24)26-23(27)13-17-7-3-6-16-5-1-2-8-19(16)17/h1-3,5-10,14,21H,4,11-13,15H2,(H,26,27). The van der Waals surface area contributed by atoms with Crippen LogP contribution in [-0.2, 0) is 11.2 Å². The highest BCUT2D eigenvalue weighted by atomic mass is 19.1. The van der Waals surface area contributed by atoms with Crippen molar-refractivity contribution in [2.45, 2.75) is 43.7 Å². The van der Waals surface area contributed by atoms with Crippen LogP contribution in [0.15, 0.2) is 60.7 Å². The maximum Gasteiger partial charge on any atom is 0.224 e. The third-order valence-electron chi connectivity index (χ3n) is 6.08. The van der Waals surface area contributed by atoms with Gasteiger partial charge in [0.1, 0.15) is 17.2 Å². The predicted octanol–water partition coefficient (Wildman–Crippen LogP) is 5.08. The van der Waals surface area contributed by atoms with Gasteiger partial charge in [0.2, 0.25) is 5.91 Å². The number of fused-ring (bicyclic) bond motifs is 2. The van der Waals surface area contributed by atoms with Crippen molar-refractivity contribution in [1.29, 1.82) is 0 Å². The van der Waals surface area contributed by atoms with Gasteiger partial charge in [-0.25, -0.2) is 4.39 Å². The molecule has 1 amide bonds. The van der Waals surface area contributed by atoms with E-state index in [0.29, 0.717) is 18.6 Å². The van der Waals surface area contributed by atoms with Crippen molar-refractivity contribution >= 4 is 16.7 Å². The number of carbonyl (C=O) groups excluding carboxylic acids is 1. The van der Waals surface area contributed by atoms with E-state index in [-0.39, 0.29) is 23.4 Å². The molecular weight excluding hydrogens is 353 g/mol. The lowest BCUT2D eigenvalue weighted by atomic mass is 9.73. The van der Waals surface area contributed by atoms with E-state index in [9.17, 15) is 9.18 Å². The third-order valence-corrected chi connectivity index (χ3v) is 6.08. The lowest BCUT2D eigenvalue weighted by Gasteiger charge is -2.48. The summed E-state index contributed by atoms with van der Waals surface area (Å²) in [5.41, 5.74) is 1.53. The number of nitrogens with one attached hydrogen (secondary N) is 1. The zero-order valence-corrected chi connectivity index (χ0v) is 15.6. The van der Waals surface area contributed by atoms with Gasteiger partial charge in [-0.2, -0.15) is 0 Å². The van der Waals surface area contributed by atoms with E-state index < -0.39 is 0 Å². The molecule has 28 heavy (non-hydrogen) atoms. The molecule has 0 radical (unpaired) electrons. The Bertz CT molecular complexity index is 1050. The van der Waals surface area contributed by atoms with Crippen LogP contribution in [0.25, 0.3) is 10.8 Å². The van der Waals surface area contributed by atoms with Crippen molar-refractivity contribution in [3.05, 3.63) is 77.6 Å². The predicted molar refractivity (Wildman–Crippen MR) is 107 cm³/mol. The number of hydrogen-bond donors (Lipinski definition) is 1. The van der Waals surface area contributed by atoms with Gasteiger partial charge in [-0.15, -0.1) is 0 Å². The summed E-state index contributed by atoms with van der Waals surface area (Å²) in [4.78, 5) is 12.9. The molecule has 3 aromatic carbocycles. The number of ether oxygens (including phenoxy) is 1. The summed E-state index contributed by atoms with van der Waals surface area (Å²) in [6.45, 7) is 0. The van der Waals surface area contributed by atoms with Gasteiger partial charge < -0.3 is 10.1 Å². The first-order chi connectivity index (χ1) is 13.6. The maximum absolute atomic E-state index is 13.8. The Labute approximate surface area is 163 Å². The summed E-state index contributed by atoms with van der Waals surface area (Å²) in [7, 11) is 0. The molecule has 5 rings (SSSR count). The summed E-state index contributed by atoms with van der Waals surface area (Å²) in [6, 6.07) is 18.5. The zero-order valence-electron chi connectivity index (χ0n) is 15.6. The molecule has 1 saturated carbocycles. The second-order valence-electron chi connectivity index (χ2n) is 7.96. The molecule has 1 atom stereocenters. The first-order valence-electron chi connectivity index (χ1n) is 9.86. The molecule has 0 bridgehead atoms. The quantitative estimate of drug-likeness (QED) is 0.693. The Kier molecular flexibility index (Phi) is 4.08. The van der Waals surface area contributed by atoms with Crippen LogP contribution in [0.5, 0.6) is 5.75 Å². The van der Waals surface area contributed by atoms with Crippen LogP contribution in [0.4, 0.5) is 4.39 Å². The van der Waals surface area contributed by atoms with Crippen LogP contribution in [0.2, 0.25) is 0 Å². The Hall–Kier alpha value is -2.88. The normalized spacial score (nSPS) is 19.5. The van der Waals surface area contributed by atoms with Gasteiger partial charge >= 0.3 is 0 Å². The van der Waals surface area contributed by atoms with Crippen LogP contribution in [0.1, 0.15) is 42.9 Å². The molecule has 1 aliphatic carbocycles. The summed E-state index contributed by atoms with van der Waals surface area (Å²) in [6.07, 6.45) is 4.10. The molecule has 2 aliphatic rings. The third kappa shape index (κ3) is 3.03. The summed E-state index contributed by atoms with van der Waals surface area (Å²) >= 11 is 0. The molecule has 3 aromatic rings. The number of halogens is 1. The first kappa shape index (κ1) is 17.2. The average molecular weight is 375 g/mol. The number of amides is 1. The molecule has 1 unspecified atom stereocenters. The molecule has 3 nitrogen and oxygen atoms in total. The maximum atomic E-state index is 13.8. The Morgan fingerprint density at radius 2 is 1.93 bits per heavy atom. The van der Waals surface area contributed by atoms with Crippen LogP contribution >= 0.6 is 0 Å². The van der Waals surface area contributed by atoms with Gasteiger partial charge in [0.05, 0.1) is 12.5 Å². The number of benzene rings is 3. The van der Waals surface area contributed by atoms with E-state index in [4.69, 9.17) is 4.74 Å². The largest absolute Gasteiger partial charge is 0.487 e. The average Bonchev–Trinajstić information content (AvgIpc) is 2.67. The topological polar surface area (TPSA) is 38.3 Å². The highest BCUT2D eigenvalue weighted by Gasteiger charge is 2.46. The fraction of sp³-hybridized carbons (Fsp3) is 0.292. The zero-order chi connectivity index (χ0) is 19.1. The van der Waals surface area contributed by atoms with Crippen molar-refractivity contribution in [1.82, 2.24) is 5.32 Å². The van der Waals surface area contributed by atoms with Crippen LogP contribution < -0.4 is 10.1 Å². The van der Waals surface area contributed by atoms with E-state index in [1.165, 1.54) is 12.1 Å². The molecule has 4 heteroatoms. The van der Waals surface area contributed by atoms with Crippen molar-refractivity contribution in [3.8, 4) is 5.75 Å². The lowest BCUT2D eigenvalue weighted by Crippen LogP contribution is -2.50. The van der Waals surface area contributed by atoms with Crippen molar-refractivity contribution in [2.24, 2.45) is 0 Å². The second kappa shape index (κ2) is 6.62.